The highest BCUT2D eigenvalue weighted by molar-refractivity contribution is 5.93. The van der Waals surface area contributed by atoms with Crippen molar-refractivity contribution in [3.63, 3.8) is 0 Å². The van der Waals surface area contributed by atoms with Crippen molar-refractivity contribution in [2.45, 2.75) is 44.2 Å². The first kappa shape index (κ1) is 16.4. The molecule has 1 saturated carbocycles. The van der Waals surface area contributed by atoms with Crippen LogP contribution in [0.3, 0.4) is 0 Å². The Labute approximate surface area is 152 Å². The van der Waals surface area contributed by atoms with Gasteiger partial charge in [-0.15, -0.1) is 0 Å². The molecule has 1 aliphatic carbocycles. The van der Waals surface area contributed by atoms with Crippen LogP contribution in [-0.2, 0) is 12.1 Å². The minimum Gasteiger partial charge on any atom is -0.472 e. The minimum absolute atomic E-state index is 0.275. The van der Waals surface area contributed by atoms with Crippen molar-refractivity contribution in [3.8, 4) is 11.9 Å². The standard InChI is InChI=1S/C20H21N5O/c21-12-11-20(9-4-5-10-20)25-16-8-13-23-19(17(16)18(22)24-25)26-14-15-6-2-1-3-7-15/h1-3,6-8,13H,4-5,9-11,14H2,(H2,22,24). The Balaban J connectivity index is 1.73. The number of aromatic nitrogens is 3. The highest BCUT2D eigenvalue weighted by Crippen LogP contribution is 2.42. The summed E-state index contributed by atoms with van der Waals surface area (Å²) in [5.74, 6) is 0.889. The van der Waals surface area contributed by atoms with Crippen molar-refractivity contribution in [3.05, 3.63) is 48.2 Å². The number of hydrogen-bond acceptors (Lipinski definition) is 5. The van der Waals surface area contributed by atoms with Crippen LogP contribution < -0.4 is 10.5 Å². The SMILES string of the molecule is N#CCC1(n2nc(N)c3c(OCc4ccccc4)nccc32)CCCC1. The van der Waals surface area contributed by atoms with Gasteiger partial charge in [-0.2, -0.15) is 10.4 Å². The van der Waals surface area contributed by atoms with Gasteiger partial charge in [0.1, 0.15) is 12.0 Å². The first-order valence-corrected chi connectivity index (χ1v) is 8.91. The van der Waals surface area contributed by atoms with Crippen LogP contribution in [0.25, 0.3) is 10.9 Å². The van der Waals surface area contributed by atoms with Gasteiger partial charge >= 0.3 is 0 Å². The van der Waals surface area contributed by atoms with Crippen LogP contribution in [0.1, 0.15) is 37.7 Å². The van der Waals surface area contributed by atoms with Gasteiger partial charge in [0.25, 0.3) is 0 Å². The maximum Gasteiger partial charge on any atom is 0.227 e. The van der Waals surface area contributed by atoms with Crippen LogP contribution in [0, 0.1) is 11.3 Å². The molecule has 6 nitrogen and oxygen atoms in total. The summed E-state index contributed by atoms with van der Waals surface area (Å²) < 4.78 is 7.89. The van der Waals surface area contributed by atoms with E-state index in [0.29, 0.717) is 24.7 Å². The molecule has 132 valence electrons. The summed E-state index contributed by atoms with van der Waals surface area (Å²) in [6, 6.07) is 14.2. The molecular formula is C20H21N5O. The normalized spacial score (nSPS) is 15.8. The van der Waals surface area contributed by atoms with Gasteiger partial charge in [0.05, 0.1) is 23.5 Å². The van der Waals surface area contributed by atoms with E-state index >= 15 is 0 Å². The number of hydrogen-bond donors (Lipinski definition) is 1. The molecule has 0 unspecified atom stereocenters. The topological polar surface area (TPSA) is 89.8 Å². The van der Waals surface area contributed by atoms with Crippen LogP contribution in [0.4, 0.5) is 5.82 Å². The number of rotatable bonds is 5. The van der Waals surface area contributed by atoms with E-state index in [2.05, 4.69) is 16.2 Å². The van der Waals surface area contributed by atoms with Crippen LogP contribution >= 0.6 is 0 Å². The Morgan fingerprint density at radius 2 is 1.96 bits per heavy atom. The van der Waals surface area contributed by atoms with E-state index in [4.69, 9.17) is 10.5 Å². The number of benzene rings is 1. The van der Waals surface area contributed by atoms with Crippen molar-refractivity contribution in [1.82, 2.24) is 14.8 Å². The molecule has 0 amide bonds. The quantitative estimate of drug-likeness (QED) is 0.758. The molecule has 0 atom stereocenters. The summed E-state index contributed by atoms with van der Waals surface area (Å²) in [5.41, 5.74) is 7.91. The molecule has 0 bridgehead atoms. The van der Waals surface area contributed by atoms with Crippen molar-refractivity contribution >= 4 is 16.7 Å². The number of nitriles is 1. The summed E-state index contributed by atoms with van der Waals surface area (Å²) in [7, 11) is 0. The third kappa shape index (κ3) is 2.76. The van der Waals surface area contributed by atoms with Crippen LogP contribution in [0.2, 0.25) is 0 Å². The molecule has 0 spiro atoms. The Kier molecular flexibility index (Phi) is 4.21. The van der Waals surface area contributed by atoms with Gasteiger partial charge in [0.15, 0.2) is 5.82 Å². The lowest BCUT2D eigenvalue weighted by Gasteiger charge is -2.27. The molecule has 1 fully saturated rings. The maximum atomic E-state index is 9.34. The summed E-state index contributed by atoms with van der Waals surface area (Å²) in [4.78, 5) is 4.37. The largest absolute Gasteiger partial charge is 0.472 e. The predicted molar refractivity (Wildman–Crippen MR) is 99.4 cm³/mol. The van der Waals surface area contributed by atoms with Gasteiger partial charge in [-0.1, -0.05) is 43.2 Å². The molecule has 3 aromatic rings. The van der Waals surface area contributed by atoms with Gasteiger partial charge in [0, 0.05) is 6.20 Å². The Bertz CT molecular complexity index is 951. The molecule has 6 heteroatoms. The second kappa shape index (κ2) is 6.68. The first-order chi connectivity index (χ1) is 12.7. The summed E-state index contributed by atoms with van der Waals surface area (Å²) in [6.07, 6.45) is 6.25. The summed E-state index contributed by atoms with van der Waals surface area (Å²) >= 11 is 0. The molecule has 4 rings (SSSR count). The third-order valence-electron chi connectivity index (χ3n) is 5.20. The van der Waals surface area contributed by atoms with Crippen LogP contribution in [-0.4, -0.2) is 14.8 Å². The molecule has 1 aromatic carbocycles. The van der Waals surface area contributed by atoms with Gasteiger partial charge in [0.2, 0.25) is 5.88 Å². The van der Waals surface area contributed by atoms with Crippen LogP contribution in [0.5, 0.6) is 5.88 Å². The van der Waals surface area contributed by atoms with Gasteiger partial charge in [-0.25, -0.2) is 4.98 Å². The molecule has 2 heterocycles. The smallest absolute Gasteiger partial charge is 0.227 e. The lowest BCUT2D eigenvalue weighted by atomic mass is 9.94. The predicted octanol–water partition coefficient (Wildman–Crippen LogP) is 3.78. The van der Waals surface area contributed by atoms with Gasteiger partial charge < -0.3 is 10.5 Å². The van der Waals surface area contributed by atoms with Crippen LogP contribution in [0.15, 0.2) is 42.6 Å². The van der Waals surface area contributed by atoms with E-state index in [1.54, 1.807) is 6.20 Å². The average molecular weight is 347 g/mol. The highest BCUT2D eigenvalue weighted by Gasteiger charge is 2.38. The molecule has 0 saturated heterocycles. The molecule has 0 radical (unpaired) electrons. The van der Waals surface area contributed by atoms with Crippen molar-refractivity contribution in [1.29, 1.82) is 5.26 Å². The van der Waals surface area contributed by atoms with E-state index in [0.717, 1.165) is 42.1 Å². The maximum absolute atomic E-state index is 9.34. The zero-order chi connectivity index (χ0) is 18.0. The Morgan fingerprint density at radius 3 is 2.69 bits per heavy atom. The number of nitrogens with two attached hydrogens (primary N) is 1. The van der Waals surface area contributed by atoms with Crippen molar-refractivity contribution < 1.29 is 4.74 Å². The second-order valence-electron chi connectivity index (χ2n) is 6.85. The third-order valence-corrected chi connectivity index (χ3v) is 5.20. The van der Waals surface area contributed by atoms with Gasteiger partial charge in [-0.05, 0) is 24.5 Å². The zero-order valence-corrected chi connectivity index (χ0v) is 14.6. The van der Waals surface area contributed by atoms with E-state index in [9.17, 15) is 5.26 Å². The van der Waals surface area contributed by atoms with E-state index in [-0.39, 0.29) is 5.54 Å². The number of pyridine rings is 1. The summed E-state index contributed by atoms with van der Waals surface area (Å²) in [6.45, 7) is 0.418. The second-order valence-corrected chi connectivity index (χ2v) is 6.85. The highest BCUT2D eigenvalue weighted by atomic mass is 16.5. The minimum atomic E-state index is -0.275. The lowest BCUT2D eigenvalue weighted by Crippen LogP contribution is -2.31. The zero-order valence-electron chi connectivity index (χ0n) is 14.6. The van der Waals surface area contributed by atoms with E-state index in [1.165, 1.54) is 0 Å². The number of fused-ring (bicyclic) bond motifs is 1. The number of nitrogens with zero attached hydrogens (tertiary/aromatic N) is 4. The molecule has 2 aromatic heterocycles. The monoisotopic (exact) mass is 347 g/mol. The molecule has 26 heavy (non-hydrogen) atoms. The average Bonchev–Trinajstić information content (AvgIpc) is 3.27. The van der Waals surface area contributed by atoms with Crippen molar-refractivity contribution in [2.24, 2.45) is 0 Å². The Hall–Kier alpha value is -3.07. The molecular weight excluding hydrogens is 326 g/mol. The van der Waals surface area contributed by atoms with E-state index in [1.807, 2.05) is 41.1 Å². The molecule has 1 aliphatic rings. The molecule has 2 N–H and O–H groups in total. The lowest BCUT2D eigenvalue weighted by molar-refractivity contribution is 0.279. The van der Waals surface area contributed by atoms with E-state index < -0.39 is 0 Å². The number of anilines is 1. The molecule has 0 aliphatic heterocycles. The first-order valence-electron chi connectivity index (χ1n) is 8.91. The fourth-order valence-corrected chi connectivity index (χ4v) is 3.90. The number of ether oxygens (including phenoxy) is 1. The van der Waals surface area contributed by atoms with Crippen molar-refractivity contribution in [2.75, 3.05) is 5.73 Å². The van der Waals surface area contributed by atoms with Gasteiger partial charge in [-0.3, -0.25) is 4.68 Å². The summed E-state index contributed by atoms with van der Waals surface area (Å²) in [5, 5.41) is 14.7. The fraction of sp³-hybridized carbons (Fsp3) is 0.350. The number of nitrogen functional groups attached to an aromatic ring is 1. The fourth-order valence-electron chi connectivity index (χ4n) is 3.90. The Morgan fingerprint density at radius 1 is 1.19 bits per heavy atom.